The van der Waals surface area contributed by atoms with Crippen LogP contribution in [0.2, 0.25) is 0 Å². The predicted molar refractivity (Wildman–Crippen MR) is 91.4 cm³/mol. The lowest BCUT2D eigenvalue weighted by Crippen LogP contribution is -2.42. The molecule has 3 heteroatoms. The fourth-order valence-electron chi connectivity index (χ4n) is 3.70. The van der Waals surface area contributed by atoms with Crippen LogP contribution in [0.5, 0.6) is 5.75 Å². The van der Waals surface area contributed by atoms with Gasteiger partial charge in [0.15, 0.2) is 0 Å². The highest BCUT2D eigenvalue weighted by Crippen LogP contribution is 2.32. The second-order valence-electron chi connectivity index (χ2n) is 6.26. The van der Waals surface area contributed by atoms with Crippen LogP contribution < -0.4 is 10.1 Å². The molecule has 0 aromatic heterocycles. The van der Waals surface area contributed by atoms with Gasteiger partial charge in [0, 0.05) is 23.8 Å². The summed E-state index contributed by atoms with van der Waals surface area (Å²) in [6.45, 7) is 3.14. The summed E-state index contributed by atoms with van der Waals surface area (Å²) in [6, 6.07) is 7.93. The smallest absolute Gasteiger partial charge is 0.122 e. The number of fused-ring (bicyclic) bond motifs is 1. The first-order valence-corrected chi connectivity index (χ1v) is 9.65. The van der Waals surface area contributed by atoms with E-state index in [0.717, 1.165) is 30.4 Å². The van der Waals surface area contributed by atoms with Gasteiger partial charge < -0.3 is 10.1 Å². The zero-order chi connectivity index (χ0) is 14.7. The molecule has 0 amide bonds. The Balaban J connectivity index is 1.72. The number of nitrogens with one attached hydrogen (secondary N) is 1. The maximum absolute atomic E-state index is 5.63. The summed E-state index contributed by atoms with van der Waals surface area (Å²) in [5, 5.41) is 4.74. The molecule has 2 nitrogen and oxygen atoms in total. The molecule has 3 rings (SSSR count). The number of benzene rings is 1. The molecule has 1 N–H and O–H groups in total. The lowest BCUT2D eigenvalue weighted by molar-refractivity contribution is 0.342. The van der Waals surface area contributed by atoms with Crippen LogP contribution in [0.1, 0.15) is 56.2 Å². The molecule has 0 spiro atoms. The quantitative estimate of drug-likeness (QED) is 0.874. The van der Waals surface area contributed by atoms with Gasteiger partial charge in [0.25, 0.3) is 0 Å². The van der Waals surface area contributed by atoms with E-state index in [-0.39, 0.29) is 0 Å². The van der Waals surface area contributed by atoms with Crippen LogP contribution in [0.15, 0.2) is 18.2 Å². The largest absolute Gasteiger partial charge is 0.493 e. The maximum Gasteiger partial charge on any atom is 0.122 e. The van der Waals surface area contributed by atoms with Crippen LogP contribution in [0.25, 0.3) is 0 Å². The minimum atomic E-state index is 0.480. The standard InChI is InChI=1S/C18H27NOS/c1-3-15(19-16-6-4-5-7-18(16)21-2)13-8-9-17-14(12-13)10-11-20-17/h8-9,12,15-16,18-19H,3-7,10-11H2,1-2H3. The van der Waals surface area contributed by atoms with Crippen LogP contribution in [0, 0.1) is 0 Å². The highest BCUT2D eigenvalue weighted by Gasteiger charge is 2.26. The van der Waals surface area contributed by atoms with Gasteiger partial charge in [-0.15, -0.1) is 0 Å². The van der Waals surface area contributed by atoms with Crippen molar-refractivity contribution < 1.29 is 4.74 Å². The van der Waals surface area contributed by atoms with Gasteiger partial charge in [-0.1, -0.05) is 31.9 Å². The summed E-state index contributed by atoms with van der Waals surface area (Å²) in [6.07, 6.45) is 9.95. The van der Waals surface area contributed by atoms with Crippen molar-refractivity contribution in [1.82, 2.24) is 5.32 Å². The molecule has 1 aliphatic heterocycles. The van der Waals surface area contributed by atoms with Crippen molar-refractivity contribution in [2.45, 2.75) is 62.8 Å². The van der Waals surface area contributed by atoms with Crippen LogP contribution >= 0.6 is 11.8 Å². The summed E-state index contributed by atoms with van der Waals surface area (Å²) in [7, 11) is 0. The molecule has 3 atom stereocenters. The molecule has 1 aliphatic carbocycles. The van der Waals surface area contributed by atoms with E-state index in [4.69, 9.17) is 4.74 Å². The number of hydrogen-bond acceptors (Lipinski definition) is 3. The predicted octanol–water partition coefficient (Wildman–Crippen LogP) is 4.34. The molecule has 1 fully saturated rings. The Morgan fingerprint density at radius 3 is 3.00 bits per heavy atom. The third-order valence-electron chi connectivity index (χ3n) is 4.94. The Labute approximate surface area is 133 Å². The van der Waals surface area contributed by atoms with Gasteiger partial charge >= 0.3 is 0 Å². The molecule has 0 saturated heterocycles. The fourth-order valence-corrected chi connectivity index (χ4v) is 4.65. The lowest BCUT2D eigenvalue weighted by atomic mass is 9.92. The van der Waals surface area contributed by atoms with Crippen LogP contribution in [-0.4, -0.2) is 24.2 Å². The van der Waals surface area contributed by atoms with E-state index in [1.54, 1.807) is 0 Å². The zero-order valence-corrected chi connectivity index (χ0v) is 14.0. The molecule has 21 heavy (non-hydrogen) atoms. The molecule has 3 unspecified atom stereocenters. The summed E-state index contributed by atoms with van der Waals surface area (Å²) in [5.74, 6) is 1.09. The Morgan fingerprint density at radius 2 is 2.19 bits per heavy atom. The molecule has 1 heterocycles. The Morgan fingerprint density at radius 1 is 1.33 bits per heavy atom. The zero-order valence-electron chi connectivity index (χ0n) is 13.2. The maximum atomic E-state index is 5.63. The van der Waals surface area contributed by atoms with Crippen LogP contribution in [0.4, 0.5) is 0 Å². The van der Waals surface area contributed by atoms with Crippen LogP contribution in [-0.2, 0) is 6.42 Å². The molecule has 0 bridgehead atoms. The second-order valence-corrected chi connectivity index (χ2v) is 7.34. The third kappa shape index (κ3) is 3.40. The summed E-state index contributed by atoms with van der Waals surface area (Å²) >= 11 is 2.04. The molecular formula is C18H27NOS. The first-order valence-electron chi connectivity index (χ1n) is 8.36. The summed E-state index contributed by atoms with van der Waals surface area (Å²) in [5.41, 5.74) is 2.82. The van der Waals surface area contributed by atoms with Gasteiger partial charge in [-0.25, -0.2) is 0 Å². The van der Waals surface area contributed by atoms with Crippen molar-refractivity contribution in [2.24, 2.45) is 0 Å². The monoisotopic (exact) mass is 305 g/mol. The number of ether oxygens (including phenoxy) is 1. The number of hydrogen-bond donors (Lipinski definition) is 1. The van der Waals surface area contributed by atoms with E-state index < -0.39 is 0 Å². The first-order chi connectivity index (χ1) is 10.3. The average Bonchev–Trinajstić information content (AvgIpc) is 3.00. The fraction of sp³-hybridized carbons (Fsp3) is 0.667. The van der Waals surface area contributed by atoms with Crippen molar-refractivity contribution in [3.63, 3.8) is 0 Å². The van der Waals surface area contributed by atoms with Crippen molar-refractivity contribution in [2.75, 3.05) is 12.9 Å². The van der Waals surface area contributed by atoms with Gasteiger partial charge in [-0.05, 0) is 42.7 Å². The molecule has 1 saturated carbocycles. The minimum absolute atomic E-state index is 0.480. The van der Waals surface area contributed by atoms with Crippen molar-refractivity contribution in [1.29, 1.82) is 0 Å². The summed E-state index contributed by atoms with van der Waals surface area (Å²) < 4.78 is 5.63. The van der Waals surface area contributed by atoms with Gasteiger partial charge in [0.05, 0.1) is 6.61 Å². The average molecular weight is 305 g/mol. The Kier molecular flexibility index (Phi) is 5.12. The highest BCUT2D eigenvalue weighted by molar-refractivity contribution is 7.99. The minimum Gasteiger partial charge on any atom is -0.493 e. The van der Waals surface area contributed by atoms with Crippen LogP contribution in [0.3, 0.4) is 0 Å². The number of rotatable bonds is 5. The van der Waals surface area contributed by atoms with E-state index in [1.165, 1.54) is 36.8 Å². The molecule has 1 aromatic carbocycles. The highest BCUT2D eigenvalue weighted by atomic mass is 32.2. The van der Waals surface area contributed by atoms with E-state index in [2.05, 4.69) is 36.7 Å². The Hall–Kier alpha value is -0.670. The summed E-state index contributed by atoms with van der Waals surface area (Å²) in [4.78, 5) is 0. The van der Waals surface area contributed by atoms with E-state index in [1.807, 2.05) is 11.8 Å². The van der Waals surface area contributed by atoms with Gasteiger partial charge in [-0.3, -0.25) is 0 Å². The lowest BCUT2D eigenvalue weighted by Gasteiger charge is -2.34. The normalized spacial score (nSPS) is 26.2. The first kappa shape index (κ1) is 15.2. The molecule has 1 aromatic rings. The SMILES string of the molecule is CCC(NC1CCCCC1SC)c1ccc2c(c1)CCO2. The van der Waals surface area contributed by atoms with Gasteiger partial charge in [-0.2, -0.15) is 11.8 Å². The van der Waals surface area contributed by atoms with E-state index in [0.29, 0.717) is 12.1 Å². The molecule has 116 valence electrons. The molecule has 2 aliphatic rings. The number of thioether (sulfide) groups is 1. The molecule has 0 radical (unpaired) electrons. The van der Waals surface area contributed by atoms with Crippen molar-refractivity contribution in [3.05, 3.63) is 29.3 Å². The topological polar surface area (TPSA) is 21.3 Å². The van der Waals surface area contributed by atoms with Gasteiger partial charge in [0.1, 0.15) is 5.75 Å². The van der Waals surface area contributed by atoms with Crippen molar-refractivity contribution >= 4 is 11.8 Å². The van der Waals surface area contributed by atoms with Crippen molar-refractivity contribution in [3.8, 4) is 5.75 Å². The third-order valence-corrected chi connectivity index (χ3v) is 6.11. The molecular weight excluding hydrogens is 278 g/mol. The second kappa shape index (κ2) is 7.06. The van der Waals surface area contributed by atoms with E-state index in [9.17, 15) is 0 Å². The van der Waals surface area contributed by atoms with Gasteiger partial charge in [0.2, 0.25) is 0 Å². The van der Waals surface area contributed by atoms with E-state index >= 15 is 0 Å². The Bertz CT molecular complexity index is 476.